The van der Waals surface area contributed by atoms with Gasteiger partial charge < -0.3 is 10.2 Å². The fourth-order valence-corrected chi connectivity index (χ4v) is 2.26. The Morgan fingerprint density at radius 3 is 2.05 bits per heavy atom. The minimum atomic E-state index is -1.31. The number of carboxylic acid groups (broad SMARTS) is 2. The van der Waals surface area contributed by atoms with Crippen LogP contribution in [-0.4, -0.2) is 22.2 Å². The number of rotatable bonds is 3. The van der Waals surface area contributed by atoms with E-state index in [0.717, 1.165) is 5.56 Å². The van der Waals surface area contributed by atoms with E-state index < -0.39 is 11.9 Å². The lowest BCUT2D eigenvalue weighted by atomic mass is 9.99. The minimum Gasteiger partial charge on any atom is -0.478 e. The zero-order valence-corrected chi connectivity index (χ0v) is 10.6. The molecule has 0 bridgehead atoms. The summed E-state index contributed by atoms with van der Waals surface area (Å²) in [4.78, 5) is 22.4. The van der Waals surface area contributed by atoms with Crippen LogP contribution in [0.3, 0.4) is 0 Å². The Bertz CT molecular complexity index is 650. The van der Waals surface area contributed by atoms with Gasteiger partial charge in [-0.25, -0.2) is 9.59 Å². The molecule has 0 radical (unpaired) electrons. The predicted molar refractivity (Wildman–Crippen MR) is 73.0 cm³/mol. The summed E-state index contributed by atoms with van der Waals surface area (Å²) in [5.41, 5.74) is 0.813. The monoisotopic (exact) mass is 274 g/mol. The Morgan fingerprint density at radius 2 is 1.53 bits per heavy atom. The molecule has 0 atom stereocenters. The first kappa shape index (κ1) is 13.2. The van der Waals surface area contributed by atoms with Gasteiger partial charge in [-0.3, -0.25) is 0 Å². The summed E-state index contributed by atoms with van der Waals surface area (Å²) < 4.78 is 0. The zero-order chi connectivity index (χ0) is 14.0. The summed E-state index contributed by atoms with van der Waals surface area (Å²) in [5, 5.41) is 18.2. The Morgan fingerprint density at radius 1 is 0.895 bits per heavy atom. The van der Waals surface area contributed by atoms with Gasteiger partial charge in [-0.05, 0) is 17.2 Å². The molecule has 0 amide bonds. The van der Waals surface area contributed by atoms with Crippen molar-refractivity contribution in [2.45, 2.75) is 4.90 Å². The molecule has 0 aliphatic rings. The van der Waals surface area contributed by atoms with Crippen LogP contribution in [0.2, 0.25) is 0 Å². The number of hydrogen-bond acceptors (Lipinski definition) is 3. The lowest BCUT2D eigenvalue weighted by Crippen LogP contribution is -2.09. The van der Waals surface area contributed by atoms with Crippen molar-refractivity contribution in [2.24, 2.45) is 0 Å². The van der Waals surface area contributed by atoms with Crippen LogP contribution in [0.4, 0.5) is 0 Å². The Balaban J connectivity index is 2.71. The molecule has 0 saturated heterocycles. The minimum absolute atomic E-state index is 0.151. The fourth-order valence-electron chi connectivity index (χ4n) is 1.84. The molecule has 0 spiro atoms. The van der Waals surface area contributed by atoms with Gasteiger partial charge in [0, 0.05) is 4.90 Å². The summed E-state index contributed by atoms with van der Waals surface area (Å²) in [6, 6.07) is 11.9. The first-order valence-electron chi connectivity index (χ1n) is 5.40. The molecule has 4 nitrogen and oxygen atoms in total. The Labute approximate surface area is 114 Å². The summed E-state index contributed by atoms with van der Waals surface area (Å²) in [5.74, 6) is -2.59. The van der Waals surface area contributed by atoms with Crippen molar-refractivity contribution in [3.05, 3.63) is 53.6 Å². The lowest BCUT2D eigenvalue weighted by Gasteiger charge is -2.10. The second-order valence-corrected chi connectivity index (χ2v) is 4.31. The average Bonchev–Trinajstić information content (AvgIpc) is 2.38. The largest absolute Gasteiger partial charge is 0.478 e. The molecular formula is C14H10O4S. The van der Waals surface area contributed by atoms with E-state index in [9.17, 15) is 9.59 Å². The molecular weight excluding hydrogens is 264 g/mol. The van der Waals surface area contributed by atoms with Crippen LogP contribution in [0.1, 0.15) is 20.7 Å². The molecule has 0 aromatic heterocycles. The number of benzene rings is 2. The Hall–Kier alpha value is -2.27. The highest BCUT2D eigenvalue weighted by atomic mass is 32.1. The van der Waals surface area contributed by atoms with Crippen LogP contribution in [0.15, 0.2) is 47.4 Å². The number of hydrogen-bond donors (Lipinski definition) is 3. The van der Waals surface area contributed by atoms with Gasteiger partial charge in [0.15, 0.2) is 0 Å². The van der Waals surface area contributed by atoms with Crippen LogP contribution < -0.4 is 0 Å². The highest BCUT2D eigenvalue weighted by Gasteiger charge is 2.21. The quantitative estimate of drug-likeness (QED) is 0.752. The number of aromatic carboxylic acids is 2. The van der Waals surface area contributed by atoms with Crippen LogP contribution >= 0.6 is 12.6 Å². The maximum Gasteiger partial charge on any atom is 0.337 e. The normalized spacial score (nSPS) is 10.2. The second-order valence-electron chi connectivity index (χ2n) is 3.86. The molecule has 0 aliphatic heterocycles. The maximum absolute atomic E-state index is 11.2. The third-order valence-corrected chi connectivity index (χ3v) is 3.17. The van der Waals surface area contributed by atoms with E-state index in [4.69, 9.17) is 10.2 Å². The molecule has 0 fully saturated rings. The van der Waals surface area contributed by atoms with Gasteiger partial charge in [0.2, 0.25) is 0 Å². The fraction of sp³-hybridized carbons (Fsp3) is 0. The van der Waals surface area contributed by atoms with Gasteiger partial charge in [-0.2, -0.15) is 0 Å². The van der Waals surface area contributed by atoms with Crippen molar-refractivity contribution in [3.63, 3.8) is 0 Å². The number of carbonyl (C=O) groups is 2. The van der Waals surface area contributed by atoms with Gasteiger partial charge in [-0.15, -0.1) is 12.6 Å². The van der Waals surface area contributed by atoms with Gasteiger partial charge in [-0.1, -0.05) is 36.4 Å². The third-order valence-electron chi connectivity index (χ3n) is 2.71. The van der Waals surface area contributed by atoms with Gasteiger partial charge in [0.1, 0.15) is 0 Å². The SMILES string of the molecule is O=C(O)c1ccc(-c2ccccc2)c(S)c1C(=O)O. The van der Waals surface area contributed by atoms with Gasteiger partial charge in [0.05, 0.1) is 11.1 Å². The first-order valence-corrected chi connectivity index (χ1v) is 5.85. The molecule has 96 valence electrons. The maximum atomic E-state index is 11.2. The van der Waals surface area contributed by atoms with Crippen molar-refractivity contribution in [1.82, 2.24) is 0 Å². The van der Waals surface area contributed by atoms with E-state index in [1.165, 1.54) is 6.07 Å². The molecule has 2 aromatic rings. The Kier molecular flexibility index (Phi) is 3.57. The van der Waals surface area contributed by atoms with Crippen LogP contribution in [0.5, 0.6) is 0 Å². The van der Waals surface area contributed by atoms with Crippen molar-refractivity contribution in [1.29, 1.82) is 0 Å². The van der Waals surface area contributed by atoms with E-state index in [1.54, 1.807) is 18.2 Å². The topological polar surface area (TPSA) is 74.6 Å². The molecule has 0 aliphatic carbocycles. The second kappa shape index (κ2) is 5.16. The molecule has 0 heterocycles. The van der Waals surface area contributed by atoms with E-state index in [0.29, 0.717) is 5.56 Å². The van der Waals surface area contributed by atoms with Crippen molar-refractivity contribution < 1.29 is 19.8 Å². The average molecular weight is 274 g/mol. The van der Waals surface area contributed by atoms with Crippen LogP contribution in [0.25, 0.3) is 11.1 Å². The molecule has 0 unspecified atom stereocenters. The molecule has 0 saturated carbocycles. The molecule has 2 rings (SSSR count). The molecule has 5 heteroatoms. The summed E-state index contributed by atoms with van der Waals surface area (Å²) in [6.45, 7) is 0. The summed E-state index contributed by atoms with van der Waals surface area (Å²) >= 11 is 4.18. The highest BCUT2D eigenvalue weighted by molar-refractivity contribution is 7.80. The van der Waals surface area contributed by atoms with Crippen molar-refractivity contribution >= 4 is 24.6 Å². The standard InChI is InChI=1S/C14H10O4S/c15-13(16)10-7-6-9(8-4-2-1-3-5-8)12(19)11(10)14(17)18/h1-7,19H,(H,15,16)(H,17,18). The smallest absolute Gasteiger partial charge is 0.337 e. The molecule has 19 heavy (non-hydrogen) atoms. The number of thiol groups is 1. The highest BCUT2D eigenvalue weighted by Crippen LogP contribution is 2.31. The van der Waals surface area contributed by atoms with Crippen LogP contribution in [0, 0.1) is 0 Å². The van der Waals surface area contributed by atoms with Crippen LogP contribution in [-0.2, 0) is 0 Å². The van der Waals surface area contributed by atoms with E-state index in [-0.39, 0.29) is 16.0 Å². The summed E-state index contributed by atoms with van der Waals surface area (Å²) in [6.07, 6.45) is 0. The first-order chi connectivity index (χ1) is 9.02. The predicted octanol–water partition coefficient (Wildman–Crippen LogP) is 3.04. The molecule has 2 N–H and O–H groups in total. The van der Waals surface area contributed by atoms with Crippen molar-refractivity contribution in [3.8, 4) is 11.1 Å². The zero-order valence-electron chi connectivity index (χ0n) is 9.70. The van der Waals surface area contributed by atoms with E-state index in [2.05, 4.69) is 12.6 Å². The van der Waals surface area contributed by atoms with E-state index in [1.807, 2.05) is 18.2 Å². The molecule has 2 aromatic carbocycles. The lowest BCUT2D eigenvalue weighted by molar-refractivity contribution is 0.0648. The van der Waals surface area contributed by atoms with Gasteiger partial charge >= 0.3 is 11.9 Å². The van der Waals surface area contributed by atoms with Gasteiger partial charge in [0.25, 0.3) is 0 Å². The van der Waals surface area contributed by atoms with Crippen molar-refractivity contribution in [2.75, 3.05) is 0 Å². The number of carboxylic acids is 2. The van der Waals surface area contributed by atoms with E-state index >= 15 is 0 Å². The summed E-state index contributed by atoms with van der Waals surface area (Å²) in [7, 11) is 0. The third kappa shape index (κ3) is 2.46.